The summed E-state index contributed by atoms with van der Waals surface area (Å²) in [6, 6.07) is 0. The molecule has 0 aromatic rings. The second-order valence-corrected chi connectivity index (χ2v) is 7.29. The molecule has 2 fully saturated rings. The van der Waals surface area contributed by atoms with E-state index in [1.807, 2.05) is 6.08 Å². The van der Waals surface area contributed by atoms with Crippen LogP contribution in [0, 0.1) is 11.8 Å². The Morgan fingerprint density at radius 2 is 2.12 bits per heavy atom. The molecule has 5 nitrogen and oxygen atoms in total. The lowest BCUT2D eigenvalue weighted by Crippen LogP contribution is -2.32. The topological polar surface area (TPSA) is 76.0 Å². The number of aliphatic hydroxyl groups is 1. The lowest BCUT2D eigenvalue weighted by molar-refractivity contribution is -0.197. The normalized spacial score (nSPS) is 34.0. The van der Waals surface area contributed by atoms with Gasteiger partial charge in [-0.3, -0.25) is 4.79 Å². The first kappa shape index (κ1) is 19.7. The van der Waals surface area contributed by atoms with Gasteiger partial charge in [0.1, 0.15) is 0 Å². The Labute approximate surface area is 149 Å². The van der Waals surface area contributed by atoms with Crippen LogP contribution >= 0.6 is 11.6 Å². The summed E-state index contributed by atoms with van der Waals surface area (Å²) >= 11 is 6.50. The predicted octanol–water partition coefficient (Wildman–Crippen LogP) is 3.34. The molecule has 5 atom stereocenters. The van der Waals surface area contributed by atoms with Gasteiger partial charge in [0.05, 0.1) is 6.10 Å². The minimum atomic E-state index is -0.759. The molecular formula is C18H29ClO5. The predicted molar refractivity (Wildman–Crippen MR) is 92.0 cm³/mol. The number of unbranched alkanes of at least 4 members (excludes halogenated alkanes) is 1. The molecule has 24 heavy (non-hydrogen) atoms. The minimum Gasteiger partial charge on any atom is -0.481 e. The third-order valence-corrected chi connectivity index (χ3v) is 5.46. The number of halogens is 1. The molecule has 0 radical (unpaired) electrons. The Bertz CT molecular complexity index is 408. The Morgan fingerprint density at radius 1 is 1.29 bits per heavy atom. The zero-order chi connectivity index (χ0) is 17.4. The van der Waals surface area contributed by atoms with Crippen molar-refractivity contribution >= 4 is 17.6 Å². The maximum atomic E-state index is 10.5. The van der Waals surface area contributed by atoms with Gasteiger partial charge in [-0.15, -0.1) is 11.6 Å². The van der Waals surface area contributed by atoms with Gasteiger partial charge in [-0.05, 0) is 50.9 Å². The molecule has 6 heteroatoms. The molecule has 2 aliphatic rings. The van der Waals surface area contributed by atoms with E-state index in [9.17, 15) is 9.90 Å². The van der Waals surface area contributed by atoms with E-state index in [1.54, 1.807) is 0 Å². The number of carbonyl (C=O) groups is 1. The molecule has 0 aromatic heterocycles. The molecular weight excluding hydrogens is 332 g/mol. The number of rotatable bonds is 9. The molecule has 2 rings (SSSR count). The van der Waals surface area contributed by atoms with Crippen molar-refractivity contribution in [2.45, 2.75) is 69.1 Å². The van der Waals surface area contributed by atoms with Gasteiger partial charge in [0, 0.05) is 30.9 Å². The fourth-order valence-corrected chi connectivity index (χ4v) is 4.07. The summed E-state index contributed by atoms with van der Waals surface area (Å²) in [6.07, 6.45) is 10.1. The van der Waals surface area contributed by atoms with Crippen LogP contribution in [0.2, 0.25) is 0 Å². The molecule has 1 unspecified atom stereocenters. The third-order valence-electron chi connectivity index (χ3n) is 4.96. The summed E-state index contributed by atoms with van der Waals surface area (Å²) in [5.74, 6) is -0.548. The summed E-state index contributed by atoms with van der Waals surface area (Å²) in [5, 5.41) is 18.4. The van der Waals surface area contributed by atoms with Gasteiger partial charge >= 0.3 is 5.97 Å². The molecule has 1 saturated heterocycles. The first-order chi connectivity index (χ1) is 11.6. The van der Waals surface area contributed by atoms with Crippen LogP contribution in [0.15, 0.2) is 12.2 Å². The van der Waals surface area contributed by atoms with Gasteiger partial charge in [0.15, 0.2) is 6.29 Å². The molecule has 1 saturated carbocycles. The first-order valence-corrected chi connectivity index (χ1v) is 9.44. The van der Waals surface area contributed by atoms with Crippen LogP contribution in [0.5, 0.6) is 0 Å². The van der Waals surface area contributed by atoms with Crippen LogP contribution in [0.25, 0.3) is 0 Å². The van der Waals surface area contributed by atoms with Crippen molar-refractivity contribution in [1.29, 1.82) is 0 Å². The maximum Gasteiger partial charge on any atom is 0.303 e. The average molecular weight is 361 g/mol. The fourth-order valence-electron chi connectivity index (χ4n) is 3.60. The van der Waals surface area contributed by atoms with E-state index in [0.717, 1.165) is 45.1 Å². The number of carboxylic acids is 1. The Balaban J connectivity index is 1.78. The van der Waals surface area contributed by atoms with E-state index in [1.165, 1.54) is 0 Å². The number of aliphatic carboxylic acids is 1. The van der Waals surface area contributed by atoms with E-state index < -0.39 is 5.97 Å². The maximum absolute atomic E-state index is 10.5. The zero-order valence-corrected chi connectivity index (χ0v) is 14.9. The van der Waals surface area contributed by atoms with Gasteiger partial charge in [-0.1, -0.05) is 12.2 Å². The van der Waals surface area contributed by atoms with E-state index in [-0.39, 0.29) is 42.6 Å². The number of hydrogen-bond donors (Lipinski definition) is 2. The summed E-state index contributed by atoms with van der Waals surface area (Å²) in [4.78, 5) is 10.5. The van der Waals surface area contributed by atoms with Crippen LogP contribution in [-0.4, -0.2) is 47.2 Å². The molecule has 1 aliphatic carbocycles. The second-order valence-electron chi connectivity index (χ2n) is 6.73. The summed E-state index contributed by atoms with van der Waals surface area (Å²) < 4.78 is 11.7. The molecule has 138 valence electrons. The highest BCUT2D eigenvalue weighted by Gasteiger charge is 2.43. The van der Waals surface area contributed by atoms with Crippen LogP contribution in [0.3, 0.4) is 0 Å². The van der Waals surface area contributed by atoms with E-state index in [0.29, 0.717) is 6.42 Å². The van der Waals surface area contributed by atoms with E-state index in [4.69, 9.17) is 26.2 Å². The monoisotopic (exact) mass is 360 g/mol. The standard InChI is InChI=1S/C18H29ClO5/c19-15-11-16(24-18-9-5-6-10-23-18)14(12-20)13(15)7-3-1-2-4-8-17(21)22/h1,3,13-16,18,20H,2,4-12H2,(H,21,22)/b3-1+/t13-,14-,15-,16-,18?/m1/s1. The summed E-state index contributed by atoms with van der Waals surface area (Å²) in [6.45, 7) is 0.812. The average Bonchev–Trinajstić information content (AvgIpc) is 2.86. The molecule has 0 amide bonds. The molecule has 2 N–H and O–H groups in total. The smallest absolute Gasteiger partial charge is 0.303 e. The molecule has 1 aliphatic heterocycles. The number of hydrogen-bond acceptors (Lipinski definition) is 4. The molecule has 0 spiro atoms. The number of ether oxygens (including phenoxy) is 2. The molecule has 0 aromatic carbocycles. The number of alkyl halides is 1. The third kappa shape index (κ3) is 6.03. The lowest BCUT2D eigenvalue weighted by Gasteiger charge is -2.29. The van der Waals surface area contributed by atoms with E-state index >= 15 is 0 Å². The van der Waals surface area contributed by atoms with Crippen molar-refractivity contribution in [1.82, 2.24) is 0 Å². The molecule has 0 bridgehead atoms. The SMILES string of the molecule is O=C(O)CCC/C=C/C[C@@H]1[C@@H](CO)[C@H](OC2CCCCO2)C[C@H]1Cl. The van der Waals surface area contributed by atoms with Crippen LogP contribution in [-0.2, 0) is 14.3 Å². The van der Waals surface area contributed by atoms with Gasteiger partial charge in [-0.2, -0.15) is 0 Å². The highest BCUT2D eigenvalue weighted by atomic mass is 35.5. The number of allylic oxidation sites excluding steroid dienone is 2. The van der Waals surface area contributed by atoms with Gasteiger partial charge in [0.25, 0.3) is 0 Å². The van der Waals surface area contributed by atoms with Gasteiger partial charge in [0.2, 0.25) is 0 Å². The number of aliphatic hydroxyl groups excluding tert-OH is 1. The van der Waals surface area contributed by atoms with Gasteiger partial charge < -0.3 is 19.7 Å². The highest BCUT2D eigenvalue weighted by Crippen LogP contribution is 2.41. The van der Waals surface area contributed by atoms with Crippen molar-refractivity contribution < 1.29 is 24.5 Å². The van der Waals surface area contributed by atoms with Crippen LogP contribution in [0.1, 0.15) is 51.4 Å². The quantitative estimate of drug-likeness (QED) is 0.374. The Hall–Kier alpha value is -0.620. The number of carboxylic acid groups (broad SMARTS) is 1. The van der Waals surface area contributed by atoms with Crippen molar-refractivity contribution in [3.05, 3.63) is 12.2 Å². The summed E-state index contributed by atoms with van der Waals surface area (Å²) in [5.41, 5.74) is 0. The van der Waals surface area contributed by atoms with Gasteiger partial charge in [-0.25, -0.2) is 0 Å². The van der Waals surface area contributed by atoms with Crippen LogP contribution < -0.4 is 0 Å². The van der Waals surface area contributed by atoms with Crippen molar-refractivity contribution in [3.8, 4) is 0 Å². The minimum absolute atomic E-state index is 0.0144. The van der Waals surface area contributed by atoms with Crippen molar-refractivity contribution in [2.75, 3.05) is 13.2 Å². The fraction of sp³-hybridized carbons (Fsp3) is 0.833. The Kier molecular flexibility index (Phi) is 8.53. The van der Waals surface area contributed by atoms with Crippen molar-refractivity contribution in [3.63, 3.8) is 0 Å². The van der Waals surface area contributed by atoms with E-state index in [2.05, 4.69) is 6.08 Å². The first-order valence-electron chi connectivity index (χ1n) is 9.00. The molecule has 1 heterocycles. The zero-order valence-electron chi connectivity index (χ0n) is 14.1. The lowest BCUT2D eigenvalue weighted by atomic mass is 9.92. The van der Waals surface area contributed by atoms with Crippen molar-refractivity contribution in [2.24, 2.45) is 11.8 Å². The van der Waals surface area contributed by atoms with Crippen LogP contribution in [0.4, 0.5) is 0 Å². The Morgan fingerprint density at radius 3 is 2.79 bits per heavy atom. The second kappa shape index (κ2) is 10.4. The highest BCUT2D eigenvalue weighted by molar-refractivity contribution is 6.21. The largest absolute Gasteiger partial charge is 0.481 e. The summed E-state index contributed by atoms with van der Waals surface area (Å²) in [7, 11) is 0.